The van der Waals surface area contributed by atoms with Gasteiger partial charge in [0.25, 0.3) is 0 Å². The molecule has 0 saturated heterocycles. The van der Waals surface area contributed by atoms with E-state index < -0.39 is 0 Å². The lowest BCUT2D eigenvalue weighted by molar-refractivity contribution is 0.802. The third kappa shape index (κ3) is 2.80. The summed E-state index contributed by atoms with van der Waals surface area (Å²) in [5.41, 5.74) is 1.48. The lowest BCUT2D eigenvalue weighted by Crippen LogP contribution is -1.97. The molecule has 6 nitrogen and oxygen atoms in total. The van der Waals surface area contributed by atoms with Gasteiger partial charge in [-0.1, -0.05) is 6.92 Å². The zero-order chi connectivity index (χ0) is 13.9. The van der Waals surface area contributed by atoms with E-state index in [9.17, 15) is 0 Å². The number of rotatable bonds is 4. The summed E-state index contributed by atoms with van der Waals surface area (Å²) in [4.78, 5) is 24.5. The van der Waals surface area contributed by atoms with Crippen LogP contribution in [0.25, 0.3) is 11.2 Å². The minimum absolute atomic E-state index is 0.657. The number of aromatic amines is 1. The molecule has 3 heterocycles. The molecule has 0 aliphatic heterocycles. The number of nitrogens with zero attached hydrogens (tertiary/aromatic N) is 5. The minimum Gasteiger partial charge on any atom is -0.341 e. The molecule has 0 spiro atoms. The predicted molar refractivity (Wildman–Crippen MR) is 79.5 cm³/mol. The van der Waals surface area contributed by atoms with E-state index in [1.165, 1.54) is 18.1 Å². The molecule has 0 atom stereocenters. The van der Waals surface area contributed by atoms with E-state index in [1.54, 1.807) is 6.33 Å². The fraction of sp³-hybridized carbons (Fsp3) is 0.250. The number of hydrogen-bond donors (Lipinski definition) is 1. The first-order valence-corrected chi connectivity index (χ1v) is 7.72. The van der Waals surface area contributed by atoms with Crippen LogP contribution in [0.4, 0.5) is 0 Å². The number of halogens is 1. The molecule has 8 heteroatoms. The van der Waals surface area contributed by atoms with Gasteiger partial charge in [-0.15, -0.1) is 0 Å². The molecule has 0 unspecified atom stereocenters. The third-order valence-electron chi connectivity index (χ3n) is 2.58. The Balaban J connectivity index is 1.96. The van der Waals surface area contributed by atoms with Gasteiger partial charge in [-0.3, -0.25) is 0 Å². The zero-order valence-corrected chi connectivity index (χ0v) is 13.1. The molecule has 0 amide bonds. The summed E-state index contributed by atoms with van der Waals surface area (Å²) < 4.78 is 0.786. The highest BCUT2D eigenvalue weighted by molar-refractivity contribution is 9.10. The third-order valence-corrected chi connectivity index (χ3v) is 3.91. The maximum atomic E-state index is 4.54. The van der Waals surface area contributed by atoms with Crippen molar-refractivity contribution < 1.29 is 0 Å². The van der Waals surface area contributed by atoms with Gasteiger partial charge in [0.05, 0.1) is 6.33 Å². The average molecular weight is 351 g/mol. The number of H-pyrrole nitrogens is 1. The maximum absolute atomic E-state index is 4.54. The largest absolute Gasteiger partial charge is 0.341 e. The van der Waals surface area contributed by atoms with Gasteiger partial charge in [0.15, 0.2) is 5.65 Å². The van der Waals surface area contributed by atoms with Crippen molar-refractivity contribution in [3.05, 3.63) is 29.1 Å². The van der Waals surface area contributed by atoms with Crippen molar-refractivity contribution in [3.63, 3.8) is 0 Å². The van der Waals surface area contributed by atoms with Crippen LogP contribution < -0.4 is 0 Å². The number of nitrogens with one attached hydrogen (secondary N) is 1. The van der Waals surface area contributed by atoms with Crippen LogP contribution in [0, 0.1) is 0 Å². The first-order valence-electron chi connectivity index (χ1n) is 6.11. The molecular weight excluding hydrogens is 340 g/mol. The highest BCUT2D eigenvalue weighted by Gasteiger charge is 2.10. The van der Waals surface area contributed by atoms with E-state index in [0.29, 0.717) is 5.65 Å². The molecular formula is C12H11BrN6S. The topological polar surface area (TPSA) is 80.2 Å². The van der Waals surface area contributed by atoms with E-state index in [0.717, 1.165) is 38.8 Å². The summed E-state index contributed by atoms with van der Waals surface area (Å²) in [6, 6.07) is 1.88. The molecule has 20 heavy (non-hydrogen) atoms. The fourth-order valence-electron chi connectivity index (χ4n) is 1.75. The molecule has 1 N–H and O–H groups in total. The Morgan fingerprint density at radius 1 is 1.25 bits per heavy atom. The number of aryl methyl sites for hydroxylation is 1. The van der Waals surface area contributed by atoms with Gasteiger partial charge in [-0.2, -0.15) is 0 Å². The summed E-state index contributed by atoms with van der Waals surface area (Å²) in [7, 11) is 0. The maximum Gasteiger partial charge on any atom is 0.181 e. The smallest absolute Gasteiger partial charge is 0.181 e. The highest BCUT2D eigenvalue weighted by atomic mass is 79.9. The summed E-state index contributed by atoms with van der Waals surface area (Å²) in [5.74, 6) is 0.833. The van der Waals surface area contributed by atoms with Crippen molar-refractivity contribution in [2.24, 2.45) is 0 Å². The monoisotopic (exact) mass is 350 g/mol. The normalized spacial score (nSPS) is 11.1. The fourth-order valence-corrected chi connectivity index (χ4v) is 3.19. The molecule has 0 aliphatic rings. The van der Waals surface area contributed by atoms with Crippen molar-refractivity contribution in [3.8, 4) is 0 Å². The van der Waals surface area contributed by atoms with E-state index in [1.807, 2.05) is 6.07 Å². The Labute approximate surface area is 128 Å². The van der Waals surface area contributed by atoms with E-state index in [2.05, 4.69) is 52.8 Å². The van der Waals surface area contributed by atoms with Crippen molar-refractivity contribution in [1.29, 1.82) is 0 Å². The lowest BCUT2D eigenvalue weighted by atomic mass is 10.3. The number of aromatic nitrogens is 6. The first-order chi connectivity index (χ1) is 9.76. The van der Waals surface area contributed by atoms with Gasteiger partial charge in [0.2, 0.25) is 0 Å². The number of imidazole rings is 1. The van der Waals surface area contributed by atoms with Gasteiger partial charge in [0, 0.05) is 12.5 Å². The molecule has 3 rings (SSSR count). The lowest BCUT2D eigenvalue weighted by Gasteiger charge is -2.04. The van der Waals surface area contributed by atoms with Gasteiger partial charge in [0.1, 0.15) is 32.3 Å². The minimum atomic E-state index is 0.657. The Hall–Kier alpha value is -1.54. The average Bonchev–Trinajstić information content (AvgIpc) is 2.88. The standard InChI is InChI=1S/C12H11BrN6S/c1-2-3-8-18-7(13)4-9(19-8)20-12-10-11(15-5-14-10)16-6-17-12/h4-6H,2-3H2,1H3,(H,14,15,16,17). The second-order valence-electron chi connectivity index (χ2n) is 4.08. The van der Waals surface area contributed by atoms with E-state index >= 15 is 0 Å². The van der Waals surface area contributed by atoms with Crippen LogP contribution in [-0.2, 0) is 6.42 Å². The van der Waals surface area contributed by atoms with Crippen molar-refractivity contribution >= 4 is 38.9 Å². The summed E-state index contributed by atoms with van der Waals surface area (Å²) in [5, 5.41) is 1.66. The molecule has 0 aliphatic carbocycles. The summed E-state index contributed by atoms with van der Waals surface area (Å²) >= 11 is 4.89. The van der Waals surface area contributed by atoms with E-state index in [-0.39, 0.29) is 0 Å². The van der Waals surface area contributed by atoms with E-state index in [4.69, 9.17) is 0 Å². The summed E-state index contributed by atoms with van der Waals surface area (Å²) in [6.45, 7) is 2.11. The Morgan fingerprint density at radius 2 is 2.15 bits per heavy atom. The predicted octanol–water partition coefficient (Wildman–Crippen LogP) is 3.01. The molecule has 0 fully saturated rings. The van der Waals surface area contributed by atoms with Crippen molar-refractivity contribution in [1.82, 2.24) is 29.9 Å². The van der Waals surface area contributed by atoms with Crippen LogP contribution in [0.15, 0.2) is 33.4 Å². The molecule has 0 saturated carbocycles. The number of hydrogen-bond acceptors (Lipinski definition) is 6. The quantitative estimate of drug-likeness (QED) is 0.728. The molecule has 102 valence electrons. The van der Waals surface area contributed by atoms with Gasteiger partial charge >= 0.3 is 0 Å². The van der Waals surface area contributed by atoms with Crippen molar-refractivity contribution in [2.45, 2.75) is 29.8 Å². The van der Waals surface area contributed by atoms with Crippen LogP contribution in [0.5, 0.6) is 0 Å². The Morgan fingerprint density at radius 3 is 3.00 bits per heavy atom. The van der Waals surface area contributed by atoms with Crippen LogP contribution >= 0.6 is 27.7 Å². The van der Waals surface area contributed by atoms with Crippen LogP contribution in [0.3, 0.4) is 0 Å². The van der Waals surface area contributed by atoms with Crippen LogP contribution in [0.2, 0.25) is 0 Å². The van der Waals surface area contributed by atoms with Crippen molar-refractivity contribution in [2.75, 3.05) is 0 Å². The number of fused-ring (bicyclic) bond motifs is 1. The van der Waals surface area contributed by atoms with Gasteiger partial charge in [-0.05, 0) is 34.1 Å². The molecule has 0 radical (unpaired) electrons. The Kier molecular flexibility index (Phi) is 3.93. The second-order valence-corrected chi connectivity index (χ2v) is 5.90. The SMILES string of the molecule is CCCc1nc(Br)cc(Sc2ncnc3nc[nH]c23)n1. The van der Waals surface area contributed by atoms with Crippen LogP contribution in [0.1, 0.15) is 19.2 Å². The second kappa shape index (κ2) is 5.84. The molecule has 0 aromatic carbocycles. The van der Waals surface area contributed by atoms with Crippen LogP contribution in [-0.4, -0.2) is 29.9 Å². The highest BCUT2D eigenvalue weighted by Crippen LogP contribution is 2.29. The summed E-state index contributed by atoms with van der Waals surface area (Å²) in [6.07, 6.45) is 4.99. The molecule has 3 aromatic heterocycles. The zero-order valence-electron chi connectivity index (χ0n) is 10.7. The first kappa shape index (κ1) is 13.4. The molecule has 3 aromatic rings. The van der Waals surface area contributed by atoms with Gasteiger partial charge in [-0.25, -0.2) is 24.9 Å². The molecule has 0 bridgehead atoms. The Bertz CT molecular complexity index is 744. The van der Waals surface area contributed by atoms with Gasteiger partial charge < -0.3 is 4.98 Å².